The van der Waals surface area contributed by atoms with Gasteiger partial charge in [0.15, 0.2) is 5.78 Å². The summed E-state index contributed by atoms with van der Waals surface area (Å²) in [6.07, 6.45) is 1.55. The molecule has 0 fully saturated rings. The molecule has 0 radical (unpaired) electrons. The van der Waals surface area contributed by atoms with Gasteiger partial charge >= 0.3 is 5.97 Å². The van der Waals surface area contributed by atoms with Gasteiger partial charge in [-0.25, -0.2) is 4.79 Å². The molecule has 1 N–H and O–H groups in total. The maximum atomic E-state index is 13.5. The van der Waals surface area contributed by atoms with Gasteiger partial charge in [-0.2, -0.15) is 0 Å². The van der Waals surface area contributed by atoms with Gasteiger partial charge in [-0.3, -0.25) is 9.59 Å². The van der Waals surface area contributed by atoms with Crippen LogP contribution in [0, 0.1) is 0 Å². The van der Waals surface area contributed by atoms with E-state index in [4.69, 9.17) is 4.74 Å². The molecule has 35 heavy (non-hydrogen) atoms. The van der Waals surface area contributed by atoms with Crippen molar-refractivity contribution in [2.24, 2.45) is 0 Å². The molecule has 0 saturated heterocycles. The first kappa shape index (κ1) is 25.9. The molecule has 182 valence electrons. The molecule has 3 aromatic rings. The Morgan fingerprint density at radius 3 is 2.20 bits per heavy atom. The zero-order valence-corrected chi connectivity index (χ0v) is 21.3. The Balaban J connectivity index is 1.97. The molecule has 1 aromatic heterocycles. The first-order chi connectivity index (χ1) is 16.9. The van der Waals surface area contributed by atoms with Gasteiger partial charge in [0.25, 0.3) is 0 Å². The van der Waals surface area contributed by atoms with Crippen molar-refractivity contribution in [3.05, 3.63) is 82.2 Å². The fourth-order valence-corrected chi connectivity index (χ4v) is 4.69. The SMILES string of the molecule is CCOC(=O)C(=Cc1ccc(N(CC)CC)cc1)C(=O)c1cc(C(C)=O)c(Nc2ccccc2)s1. The first-order valence-corrected chi connectivity index (χ1v) is 12.4. The van der Waals surface area contributed by atoms with E-state index in [1.807, 2.05) is 54.6 Å². The van der Waals surface area contributed by atoms with Crippen molar-refractivity contribution in [2.45, 2.75) is 27.7 Å². The van der Waals surface area contributed by atoms with Crippen molar-refractivity contribution >= 4 is 51.3 Å². The van der Waals surface area contributed by atoms with E-state index in [0.29, 0.717) is 16.1 Å². The quantitative estimate of drug-likeness (QED) is 0.111. The molecule has 0 saturated carbocycles. The maximum Gasteiger partial charge on any atom is 0.342 e. The highest BCUT2D eigenvalue weighted by Gasteiger charge is 2.25. The van der Waals surface area contributed by atoms with Gasteiger partial charge in [-0.05, 0) is 69.7 Å². The number of anilines is 3. The summed E-state index contributed by atoms with van der Waals surface area (Å²) in [6, 6.07) is 18.6. The van der Waals surface area contributed by atoms with E-state index in [1.54, 1.807) is 13.0 Å². The van der Waals surface area contributed by atoms with Crippen LogP contribution in [0.2, 0.25) is 0 Å². The van der Waals surface area contributed by atoms with E-state index in [-0.39, 0.29) is 22.8 Å². The van der Waals surface area contributed by atoms with Crippen molar-refractivity contribution in [2.75, 3.05) is 29.9 Å². The van der Waals surface area contributed by atoms with Crippen LogP contribution in [0.4, 0.5) is 16.4 Å². The molecule has 0 bridgehead atoms. The number of carbonyl (C=O) groups is 3. The van der Waals surface area contributed by atoms with Crippen molar-refractivity contribution in [1.29, 1.82) is 0 Å². The first-order valence-electron chi connectivity index (χ1n) is 11.6. The summed E-state index contributed by atoms with van der Waals surface area (Å²) in [6.45, 7) is 9.24. The number of hydrogen-bond donors (Lipinski definition) is 1. The van der Waals surface area contributed by atoms with E-state index in [9.17, 15) is 14.4 Å². The lowest BCUT2D eigenvalue weighted by Gasteiger charge is -2.20. The van der Waals surface area contributed by atoms with Gasteiger partial charge in [0, 0.05) is 24.5 Å². The number of rotatable bonds is 11. The van der Waals surface area contributed by atoms with E-state index in [0.717, 1.165) is 35.8 Å². The highest BCUT2D eigenvalue weighted by molar-refractivity contribution is 7.18. The summed E-state index contributed by atoms with van der Waals surface area (Å²) >= 11 is 1.14. The maximum absolute atomic E-state index is 13.5. The van der Waals surface area contributed by atoms with E-state index in [1.165, 1.54) is 13.0 Å². The number of thiophene rings is 1. The summed E-state index contributed by atoms with van der Waals surface area (Å²) in [4.78, 5) is 41.0. The fourth-order valence-electron chi connectivity index (χ4n) is 3.61. The average molecular weight is 491 g/mol. The average Bonchev–Trinajstić information content (AvgIpc) is 3.28. The third kappa shape index (κ3) is 6.45. The van der Waals surface area contributed by atoms with Gasteiger partial charge in [-0.15, -0.1) is 11.3 Å². The molecular weight excluding hydrogens is 460 g/mol. The lowest BCUT2D eigenvalue weighted by atomic mass is 10.0. The minimum atomic E-state index is -0.694. The monoisotopic (exact) mass is 490 g/mol. The molecule has 1 heterocycles. The summed E-state index contributed by atoms with van der Waals surface area (Å²) in [5, 5.41) is 3.76. The zero-order valence-electron chi connectivity index (χ0n) is 20.5. The summed E-state index contributed by atoms with van der Waals surface area (Å²) < 4.78 is 5.18. The van der Waals surface area contributed by atoms with Crippen LogP contribution in [0.1, 0.15) is 53.3 Å². The Morgan fingerprint density at radius 1 is 0.971 bits per heavy atom. The second kappa shape index (κ2) is 12.1. The lowest BCUT2D eigenvalue weighted by molar-refractivity contribution is -0.137. The number of ketones is 2. The topological polar surface area (TPSA) is 75.7 Å². The molecule has 0 aliphatic heterocycles. The van der Waals surface area contributed by atoms with E-state index in [2.05, 4.69) is 24.1 Å². The smallest absolute Gasteiger partial charge is 0.342 e. The summed E-state index contributed by atoms with van der Waals surface area (Å²) in [7, 11) is 0. The number of nitrogens with zero attached hydrogens (tertiary/aromatic N) is 1. The van der Waals surface area contributed by atoms with Crippen LogP contribution >= 0.6 is 11.3 Å². The minimum absolute atomic E-state index is 0.0787. The van der Waals surface area contributed by atoms with Crippen LogP contribution in [-0.4, -0.2) is 37.2 Å². The van der Waals surface area contributed by atoms with Crippen LogP contribution < -0.4 is 10.2 Å². The molecule has 0 aliphatic carbocycles. The van der Waals surface area contributed by atoms with Crippen LogP contribution in [0.25, 0.3) is 6.08 Å². The second-order valence-electron chi connectivity index (χ2n) is 7.77. The van der Waals surface area contributed by atoms with Crippen LogP contribution in [0.15, 0.2) is 66.2 Å². The molecule has 6 nitrogen and oxygen atoms in total. The Labute approximate surface area is 210 Å². The zero-order chi connectivity index (χ0) is 25.4. The normalized spacial score (nSPS) is 11.1. The number of para-hydroxylation sites is 1. The molecular formula is C28H30N2O4S. The largest absolute Gasteiger partial charge is 0.462 e. The molecule has 0 atom stereocenters. The van der Waals surface area contributed by atoms with Crippen molar-refractivity contribution in [1.82, 2.24) is 0 Å². The molecule has 0 unspecified atom stereocenters. The van der Waals surface area contributed by atoms with Crippen LogP contribution in [-0.2, 0) is 9.53 Å². The fraction of sp³-hybridized carbons (Fsp3) is 0.250. The number of esters is 1. The molecule has 0 spiro atoms. The summed E-state index contributed by atoms with van der Waals surface area (Å²) in [5.41, 5.74) is 2.89. The predicted molar refractivity (Wildman–Crippen MR) is 143 cm³/mol. The van der Waals surface area contributed by atoms with Gasteiger partial charge in [0.05, 0.1) is 17.0 Å². The third-order valence-electron chi connectivity index (χ3n) is 5.44. The number of Topliss-reactive ketones (excluding diaryl/α,β-unsaturated/α-hetero) is 2. The number of ether oxygens (including phenoxy) is 1. The predicted octanol–water partition coefficient (Wildman–Crippen LogP) is 6.37. The highest BCUT2D eigenvalue weighted by atomic mass is 32.1. The van der Waals surface area contributed by atoms with Crippen molar-refractivity contribution < 1.29 is 19.1 Å². The Hall–Kier alpha value is -3.71. The van der Waals surface area contributed by atoms with Gasteiger partial charge in [0.1, 0.15) is 10.6 Å². The number of benzene rings is 2. The Kier molecular flexibility index (Phi) is 8.98. The van der Waals surface area contributed by atoms with E-state index < -0.39 is 11.8 Å². The van der Waals surface area contributed by atoms with Crippen molar-refractivity contribution in [3.8, 4) is 0 Å². The van der Waals surface area contributed by atoms with Gasteiger partial charge in [0.2, 0.25) is 5.78 Å². The standard InChI is InChI=1S/C28H30N2O4S/c1-5-30(6-2)22-15-13-20(14-16-22)17-24(28(33)34-7-3)26(32)25-18-23(19(4)31)27(35-25)29-21-11-9-8-10-12-21/h8-18,29H,5-7H2,1-4H3. The second-order valence-corrected chi connectivity index (χ2v) is 8.82. The van der Waals surface area contributed by atoms with Crippen LogP contribution in [0.5, 0.6) is 0 Å². The highest BCUT2D eigenvalue weighted by Crippen LogP contribution is 2.33. The minimum Gasteiger partial charge on any atom is -0.462 e. The number of carbonyl (C=O) groups excluding carboxylic acids is 3. The molecule has 7 heteroatoms. The molecule has 0 aliphatic rings. The van der Waals surface area contributed by atoms with Gasteiger partial charge < -0.3 is 15.0 Å². The number of nitrogens with one attached hydrogen (secondary N) is 1. The third-order valence-corrected chi connectivity index (χ3v) is 6.49. The number of hydrogen-bond acceptors (Lipinski definition) is 7. The van der Waals surface area contributed by atoms with Gasteiger partial charge in [-0.1, -0.05) is 30.3 Å². The van der Waals surface area contributed by atoms with Crippen LogP contribution in [0.3, 0.4) is 0 Å². The lowest BCUT2D eigenvalue weighted by Crippen LogP contribution is -2.21. The van der Waals surface area contributed by atoms with E-state index >= 15 is 0 Å². The van der Waals surface area contributed by atoms with Crippen molar-refractivity contribution in [3.63, 3.8) is 0 Å². The Bertz CT molecular complexity index is 1210. The molecule has 3 rings (SSSR count). The summed E-state index contributed by atoms with van der Waals surface area (Å²) in [5.74, 6) is -1.35. The molecule has 2 aromatic carbocycles. The molecule has 0 amide bonds. The Morgan fingerprint density at radius 2 is 1.63 bits per heavy atom.